The minimum atomic E-state index is 0.280. The van der Waals surface area contributed by atoms with Gasteiger partial charge in [-0.3, -0.25) is 9.69 Å². The second-order valence-corrected chi connectivity index (χ2v) is 7.38. The number of hydrogen-bond donors (Lipinski definition) is 2. The Morgan fingerprint density at radius 2 is 1.86 bits per heavy atom. The van der Waals surface area contributed by atoms with E-state index in [1.165, 1.54) is 45.2 Å². The molecule has 0 aromatic heterocycles. The van der Waals surface area contributed by atoms with Crippen molar-refractivity contribution in [3.63, 3.8) is 0 Å². The predicted octanol–water partition coefficient (Wildman–Crippen LogP) is 2.03. The Labute approximate surface area is 128 Å². The van der Waals surface area contributed by atoms with Crippen LogP contribution in [0.3, 0.4) is 0 Å². The van der Waals surface area contributed by atoms with Gasteiger partial charge < -0.3 is 11.1 Å². The lowest BCUT2D eigenvalue weighted by Crippen LogP contribution is -2.46. The average molecular weight is 293 g/mol. The number of carbonyl (C=O) groups excluding carboxylic acids is 1. The zero-order valence-corrected chi connectivity index (χ0v) is 13.2. The molecule has 120 valence electrons. The fourth-order valence-electron chi connectivity index (χ4n) is 4.51. The van der Waals surface area contributed by atoms with Crippen molar-refractivity contribution in [1.82, 2.24) is 10.2 Å². The van der Waals surface area contributed by atoms with Crippen molar-refractivity contribution in [1.29, 1.82) is 0 Å². The van der Waals surface area contributed by atoms with Crippen molar-refractivity contribution in [3.05, 3.63) is 0 Å². The molecule has 21 heavy (non-hydrogen) atoms. The largest absolute Gasteiger partial charge is 0.352 e. The van der Waals surface area contributed by atoms with Gasteiger partial charge in [-0.2, -0.15) is 0 Å². The van der Waals surface area contributed by atoms with Gasteiger partial charge in [-0.25, -0.2) is 0 Å². The summed E-state index contributed by atoms with van der Waals surface area (Å²) in [6.45, 7) is 2.41. The number of rotatable bonds is 4. The molecule has 2 saturated heterocycles. The Morgan fingerprint density at radius 1 is 1.05 bits per heavy atom. The van der Waals surface area contributed by atoms with Crippen molar-refractivity contribution >= 4 is 5.91 Å². The summed E-state index contributed by atoms with van der Waals surface area (Å²) >= 11 is 0. The standard InChI is InChI=1S/C17H31N3O/c18-14-7-4-13(5-8-14)6-9-17(21)19-15-10-12-20-11-2-1-3-16(15)20/h13-16H,1-12,18H2,(H,19,21). The first-order valence-corrected chi connectivity index (χ1v) is 9.01. The van der Waals surface area contributed by atoms with E-state index < -0.39 is 0 Å². The molecule has 3 rings (SSSR count). The first kappa shape index (κ1) is 15.3. The molecular weight excluding hydrogens is 262 g/mol. The lowest BCUT2D eigenvalue weighted by atomic mass is 9.84. The number of nitrogens with two attached hydrogens (primary N) is 1. The first-order chi connectivity index (χ1) is 10.2. The molecule has 1 saturated carbocycles. The number of fused-ring (bicyclic) bond motifs is 1. The van der Waals surface area contributed by atoms with Crippen LogP contribution in [-0.2, 0) is 4.79 Å². The fourth-order valence-corrected chi connectivity index (χ4v) is 4.51. The number of nitrogens with one attached hydrogen (secondary N) is 1. The molecule has 0 aromatic carbocycles. The second-order valence-electron chi connectivity index (χ2n) is 7.38. The highest BCUT2D eigenvalue weighted by molar-refractivity contribution is 5.76. The highest BCUT2D eigenvalue weighted by Gasteiger charge is 2.36. The summed E-state index contributed by atoms with van der Waals surface area (Å²) in [5, 5.41) is 3.32. The summed E-state index contributed by atoms with van der Waals surface area (Å²) < 4.78 is 0. The van der Waals surface area contributed by atoms with Gasteiger partial charge in [-0.05, 0) is 63.8 Å². The molecule has 3 fully saturated rings. The predicted molar refractivity (Wildman–Crippen MR) is 84.9 cm³/mol. The molecule has 1 amide bonds. The minimum Gasteiger partial charge on any atom is -0.352 e. The van der Waals surface area contributed by atoms with Gasteiger partial charge in [0.2, 0.25) is 5.91 Å². The lowest BCUT2D eigenvalue weighted by molar-refractivity contribution is -0.122. The summed E-state index contributed by atoms with van der Waals surface area (Å²) in [5.41, 5.74) is 5.94. The van der Waals surface area contributed by atoms with Crippen molar-refractivity contribution in [2.24, 2.45) is 11.7 Å². The SMILES string of the molecule is NC1CCC(CCC(=O)NC2CCN3CCCCC23)CC1. The molecule has 2 aliphatic heterocycles. The Balaban J connectivity index is 1.38. The van der Waals surface area contributed by atoms with Gasteiger partial charge >= 0.3 is 0 Å². The summed E-state index contributed by atoms with van der Waals surface area (Å²) in [5.74, 6) is 1.01. The molecule has 0 radical (unpaired) electrons. The Kier molecular flexibility index (Phi) is 5.17. The highest BCUT2D eigenvalue weighted by atomic mass is 16.1. The van der Waals surface area contributed by atoms with Gasteiger partial charge in [-0.1, -0.05) is 6.42 Å². The molecule has 4 heteroatoms. The molecule has 2 unspecified atom stereocenters. The number of amides is 1. The normalized spacial score (nSPS) is 37.2. The maximum atomic E-state index is 12.2. The molecule has 0 aromatic rings. The smallest absolute Gasteiger partial charge is 0.220 e. The Hall–Kier alpha value is -0.610. The zero-order chi connectivity index (χ0) is 14.7. The van der Waals surface area contributed by atoms with Crippen LogP contribution in [0.1, 0.15) is 64.2 Å². The van der Waals surface area contributed by atoms with E-state index in [1.807, 2.05) is 0 Å². The van der Waals surface area contributed by atoms with Crippen molar-refractivity contribution in [3.8, 4) is 0 Å². The van der Waals surface area contributed by atoms with Crippen molar-refractivity contribution in [2.75, 3.05) is 13.1 Å². The van der Waals surface area contributed by atoms with Crippen LogP contribution in [-0.4, -0.2) is 42.0 Å². The topological polar surface area (TPSA) is 58.4 Å². The molecule has 0 spiro atoms. The van der Waals surface area contributed by atoms with E-state index in [4.69, 9.17) is 5.73 Å². The Bertz CT molecular complexity index is 352. The summed E-state index contributed by atoms with van der Waals surface area (Å²) in [6.07, 6.45) is 11.6. The number of piperidine rings is 1. The van der Waals surface area contributed by atoms with Crippen LogP contribution in [0.25, 0.3) is 0 Å². The maximum Gasteiger partial charge on any atom is 0.220 e. The van der Waals surface area contributed by atoms with E-state index in [2.05, 4.69) is 10.2 Å². The van der Waals surface area contributed by atoms with E-state index >= 15 is 0 Å². The summed E-state index contributed by atoms with van der Waals surface area (Å²) in [6, 6.07) is 1.44. The van der Waals surface area contributed by atoms with Crippen LogP contribution in [0.4, 0.5) is 0 Å². The van der Waals surface area contributed by atoms with Crippen LogP contribution in [0, 0.1) is 5.92 Å². The van der Waals surface area contributed by atoms with E-state index in [1.54, 1.807) is 0 Å². The fraction of sp³-hybridized carbons (Fsp3) is 0.941. The van der Waals surface area contributed by atoms with E-state index in [0.29, 0.717) is 24.5 Å². The molecule has 4 nitrogen and oxygen atoms in total. The van der Waals surface area contributed by atoms with Gasteiger partial charge in [0.25, 0.3) is 0 Å². The average Bonchev–Trinajstić information content (AvgIpc) is 2.90. The molecule has 2 atom stereocenters. The van der Waals surface area contributed by atoms with Gasteiger partial charge in [0.05, 0.1) is 0 Å². The molecule has 2 heterocycles. The zero-order valence-electron chi connectivity index (χ0n) is 13.2. The molecule has 3 aliphatic rings. The number of hydrogen-bond acceptors (Lipinski definition) is 3. The summed E-state index contributed by atoms with van der Waals surface area (Å²) in [7, 11) is 0. The quantitative estimate of drug-likeness (QED) is 0.834. The molecule has 3 N–H and O–H groups in total. The highest BCUT2D eigenvalue weighted by Crippen LogP contribution is 2.28. The van der Waals surface area contributed by atoms with Crippen LogP contribution in [0.2, 0.25) is 0 Å². The second kappa shape index (κ2) is 7.10. The van der Waals surface area contributed by atoms with Gasteiger partial charge in [0.15, 0.2) is 0 Å². The van der Waals surface area contributed by atoms with E-state index in [9.17, 15) is 4.79 Å². The minimum absolute atomic E-state index is 0.280. The first-order valence-electron chi connectivity index (χ1n) is 9.01. The number of nitrogens with zero attached hydrogens (tertiary/aromatic N) is 1. The van der Waals surface area contributed by atoms with Crippen LogP contribution in [0.15, 0.2) is 0 Å². The molecule has 1 aliphatic carbocycles. The Morgan fingerprint density at radius 3 is 2.67 bits per heavy atom. The van der Waals surface area contributed by atoms with Crippen molar-refractivity contribution < 1.29 is 4.79 Å². The van der Waals surface area contributed by atoms with Crippen molar-refractivity contribution in [2.45, 2.75) is 82.3 Å². The third-order valence-corrected chi connectivity index (χ3v) is 5.87. The number of carbonyl (C=O) groups is 1. The van der Waals surface area contributed by atoms with Gasteiger partial charge in [-0.15, -0.1) is 0 Å². The molecule has 0 bridgehead atoms. The third kappa shape index (κ3) is 3.98. The van der Waals surface area contributed by atoms with Gasteiger partial charge in [0, 0.05) is 31.1 Å². The van der Waals surface area contributed by atoms with E-state index in [0.717, 1.165) is 31.6 Å². The summed E-state index contributed by atoms with van der Waals surface area (Å²) in [4.78, 5) is 14.8. The van der Waals surface area contributed by atoms with Crippen LogP contribution in [0.5, 0.6) is 0 Å². The maximum absolute atomic E-state index is 12.2. The van der Waals surface area contributed by atoms with E-state index in [-0.39, 0.29) is 5.91 Å². The monoisotopic (exact) mass is 293 g/mol. The van der Waals surface area contributed by atoms with Crippen LogP contribution < -0.4 is 11.1 Å². The van der Waals surface area contributed by atoms with Crippen LogP contribution >= 0.6 is 0 Å². The molecular formula is C17H31N3O. The third-order valence-electron chi connectivity index (χ3n) is 5.87. The lowest BCUT2D eigenvalue weighted by Gasteiger charge is -2.32. The van der Waals surface area contributed by atoms with Gasteiger partial charge in [0.1, 0.15) is 0 Å².